The van der Waals surface area contributed by atoms with Gasteiger partial charge in [0.25, 0.3) is 0 Å². The molecule has 0 amide bonds. The Labute approximate surface area is 168 Å². The average molecular weight is 461 g/mol. The molecule has 2 heterocycles. The summed E-state index contributed by atoms with van der Waals surface area (Å²) >= 11 is -0.248. The summed E-state index contributed by atoms with van der Waals surface area (Å²) in [5, 5.41) is 0. The molecule has 2 rings (SSSR count). The van der Waals surface area contributed by atoms with Gasteiger partial charge in [0.1, 0.15) is 0 Å². The molecule has 0 aromatic carbocycles. The van der Waals surface area contributed by atoms with Gasteiger partial charge in [0.05, 0.1) is 0 Å². The van der Waals surface area contributed by atoms with E-state index in [0.29, 0.717) is 10.0 Å². The first-order chi connectivity index (χ1) is 13.2. The van der Waals surface area contributed by atoms with Crippen LogP contribution in [0.15, 0.2) is 11.0 Å². The third-order valence-electron chi connectivity index (χ3n) is 3.81. The zero-order valence-electron chi connectivity index (χ0n) is 16.0. The number of hydrogen-bond donors (Lipinski definition) is 0. The van der Waals surface area contributed by atoms with Crippen LogP contribution < -0.4 is 0 Å². The molecule has 0 saturated carbocycles. The van der Waals surface area contributed by atoms with E-state index in [9.17, 15) is 19.2 Å². The Morgan fingerprint density at radius 1 is 1.00 bits per heavy atom. The van der Waals surface area contributed by atoms with Gasteiger partial charge < -0.3 is 0 Å². The first-order valence-electron chi connectivity index (χ1n) is 8.62. The fourth-order valence-electron chi connectivity index (χ4n) is 2.85. The summed E-state index contributed by atoms with van der Waals surface area (Å²) in [5.74, 6) is -2.24. The van der Waals surface area contributed by atoms with E-state index in [4.69, 9.17) is 23.7 Å². The molecule has 1 aliphatic rings. The Morgan fingerprint density at radius 2 is 1.64 bits per heavy atom. The number of ether oxygens (including phenoxy) is 5. The number of rotatable bonds is 7. The quantitative estimate of drug-likeness (QED) is 0.330. The van der Waals surface area contributed by atoms with Crippen LogP contribution in [0.2, 0.25) is 0 Å². The molecule has 1 saturated heterocycles. The summed E-state index contributed by atoms with van der Waals surface area (Å²) < 4.78 is 27.4. The first-order valence-corrected chi connectivity index (χ1v) is 10.5. The summed E-state index contributed by atoms with van der Waals surface area (Å²) in [6.07, 6.45) is -3.65. The van der Waals surface area contributed by atoms with Gasteiger partial charge in [-0.1, -0.05) is 0 Å². The van der Waals surface area contributed by atoms with Crippen molar-refractivity contribution in [3.8, 4) is 0 Å². The number of esters is 4. The Morgan fingerprint density at radius 3 is 2.21 bits per heavy atom. The van der Waals surface area contributed by atoms with Gasteiger partial charge in [-0.15, -0.1) is 0 Å². The van der Waals surface area contributed by atoms with E-state index in [0.717, 1.165) is 0 Å². The molecule has 1 aromatic rings. The van der Waals surface area contributed by atoms with Crippen LogP contribution in [0.4, 0.5) is 0 Å². The van der Waals surface area contributed by atoms with Gasteiger partial charge in [-0.25, -0.2) is 0 Å². The predicted molar refractivity (Wildman–Crippen MR) is 94.7 cm³/mol. The molecule has 1 fully saturated rings. The third-order valence-corrected chi connectivity index (χ3v) is 5.87. The van der Waals surface area contributed by atoms with Gasteiger partial charge in [-0.2, -0.15) is 0 Å². The van der Waals surface area contributed by atoms with Crippen LogP contribution in [-0.4, -0.2) is 69.9 Å². The molecular weight excluding hydrogens is 439 g/mol. The fourth-order valence-corrected chi connectivity index (χ4v) is 4.84. The Bertz CT molecular complexity index is 741. The molecule has 28 heavy (non-hydrogen) atoms. The van der Waals surface area contributed by atoms with Crippen molar-refractivity contribution in [2.75, 3.05) is 13.2 Å². The van der Waals surface area contributed by atoms with Crippen molar-refractivity contribution < 1.29 is 42.9 Å². The second-order valence-corrected chi connectivity index (χ2v) is 7.95. The van der Waals surface area contributed by atoms with E-state index in [-0.39, 0.29) is 27.7 Å². The first kappa shape index (κ1) is 22.1. The van der Waals surface area contributed by atoms with Crippen molar-refractivity contribution in [3.05, 3.63) is 21.0 Å². The molecule has 154 valence electrons. The van der Waals surface area contributed by atoms with Crippen LogP contribution in [-0.2, 0) is 38.1 Å². The van der Waals surface area contributed by atoms with E-state index in [1.807, 2.05) is 4.94 Å². The fraction of sp³-hybridized carbons (Fsp3) is 0.556. The molecule has 1 aromatic heterocycles. The second-order valence-electron chi connectivity index (χ2n) is 5.96. The molecule has 9 nitrogen and oxygen atoms in total. The van der Waals surface area contributed by atoms with Crippen LogP contribution in [0.5, 0.6) is 0 Å². The maximum absolute atomic E-state index is 12.3. The third kappa shape index (κ3) is 5.43. The van der Waals surface area contributed by atoms with Crippen LogP contribution in [0.25, 0.3) is 0 Å². The molecule has 0 aliphatic carbocycles. The van der Waals surface area contributed by atoms with Crippen LogP contribution in [0, 0.1) is 0 Å². The number of carbonyl (C=O) groups is 4. The SMILES string of the molecule is CCOC(=O)c1cc[se]c1[C@H]1O[C@H](COC(C)=O)[C@@H](OC(C)=O)[C@H]1OC(C)=O. The molecule has 0 radical (unpaired) electrons. The van der Waals surface area contributed by atoms with Gasteiger partial charge in [0, 0.05) is 0 Å². The van der Waals surface area contributed by atoms with Gasteiger partial charge in [-0.05, 0) is 0 Å². The minimum absolute atomic E-state index is 0.190. The van der Waals surface area contributed by atoms with Crippen molar-refractivity contribution in [1.82, 2.24) is 0 Å². The van der Waals surface area contributed by atoms with Crippen molar-refractivity contribution >= 4 is 38.4 Å². The summed E-state index contributed by atoms with van der Waals surface area (Å²) in [6.45, 7) is 5.39. The number of carbonyl (C=O) groups excluding carboxylic acids is 4. The van der Waals surface area contributed by atoms with Gasteiger partial charge in [0.2, 0.25) is 0 Å². The summed E-state index contributed by atoms with van der Waals surface area (Å²) in [7, 11) is 0. The summed E-state index contributed by atoms with van der Waals surface area (Å²) in [5.41, 5.74) is 0.332. The molecule has 0 spiro atoms. The normalized spacial score (nSPS) is 23.7. The predicted octanol–water partition coefficient (Wildman–Crippen LogP) is 0.787. The zero-order valence-corrected chi connectivity index (χ0v) is 17.7. The van der Waals surface area contributed by atoms with Crippen LogP contribution in [0.3, 0.4) is 0 Å². The Balaban J connectivity index is 2.39. The molecule has 1 aliphatic heterocycles. The summed E-state index contributed by atoms with van der Waals surface area (Å²) in [6, 6.07) is 1.64. The van der Waals surface area contributed by atoms with E-state index >= 15 is 0 Å². The second kappa shape index (κ2) is 9.86. The van der Waals surface area contributed by atoms with E-state index in [1.165, 1.54) is 20.8 Å². The molecule has 0 bridgehead atoms. The van der Waals surface area contributed by atoms with E-state index in [1.54, 1.807) is 13.0 Å². The monoisotopic (exact) mass is 462 g/mol. The van der Waals surface area contributed by atoms with Crippen molar-refractivity contribution in [1.29, 1.82) is 0 Å². The minimum atomic E-state index is -0.988. The van der Waals surface area contributed by atoms with Crippen LogP contribution in [0.1, 0.15) is 48.6 Å². The zero-order chi connectivity index (χ0) is 20.8. The van der Waals surface area contributed by atoms with Crippen molar-refractivity contribution in [2.45, 2.75) is 52.1 Å². The molecule has 4 atom stereocenters. The maximum atomic E-state index is 12.3. The number of hydrogen-bond acceptors (Lipinski definition) is 9. The van der Waals surface area contributed by atoms with Crippen molar-refractivity contribution in [3.63, 3.8) is 0 Å². The standard InChI is InChI=1S/C18H22O9Se/c1-5-23-18(22)12-6-7-28-17(12)16-15(26-11(4)21)14(25-10(3)20)13(27-16)8-24-9(2)19/h6-7,13-16H,5,8H2,1-4H3/t13-,14-,15-,16+/m1/s1. The summed E-state index contributed by atoms with van der Waals surface area (Å²) in [4.78, 5) is 48.5. The van der Waals surface area contributed by atoms with Gasteiger partial charge in [0.15, 0.2) is 0 Å². The topological polar surface area (TPSA) is 114 Å². The van der Waals surface area contributed by atoms with Gasteiger partial charge in [-0.3, -0.25) is 0 Å². The van der Waals surface area contributed by atoms with E-state index in [2.05, 4.69) is 0 Å². The Hall–Kier alpha value is -2.16. The van der Waals surface area contributed by atoms with Gasteiger partial charge >= 0.3 is 168 Å². The molecule has 10 heteroatoms. The Kier molecular flexibility index (Phi) is 7.79. The molecule has 0 N–H and O–H groups in total. The van der Waals surface area contributed by atoms with E-state index < -0.39 is 48.3 Å². The van der Waals surface area contributed by atoms with Crippen molar-refractivity contribution in [2.24, 2.45) is 0 Å². The van der Waals surface area contributed by atoms with Crippen LogP contribution >= 0.6 is 0 Å². The molecular formula is C18H22O9Se. The average Bonchev–Trinajstić information content (AvgIpc) is 3.18. The molecule has 0 unspecified atom stereocenters.